The van der Waals surface area contributed by atoms with E-state index in [1.807, 2.05) is 37.3 Å². The van der Waals surface area contributed by atoms with Gasteiger partial charge in [0.2, 0.25) is 5.91 Å². The molecule has 4 rings (SSSR count). The Morgan fingerprint density at radius 3 is 2.60 bits per heavy atom. The zero-order valence-electron chi connectivity index (χ0n) is 16.7. The van der Waals surface area contributed by atoms with Crippen molar-refractivity contribution in [2.45, 2.75) is 20.0 Å². The second kappa shape index (κ2) is 7.71. The molecule has 0 saturated heterocycles. The molecule has 0 aliphatic carbocycles. The van der Waals surface area contributed by atoms with Crippen molar-refractivity contribution in [1.82, 2.24) is 29.0 Å². The molecule has 0 radical (unpaired) electrons. The first-order chi connectivity index (χ1) is 14.4. The van der Waals surface area contributed by atoms with Crippen molar-refractivity contribution in [3.8, 4) is 10.6 Å². The van der Waals surface area contributed by atoms with Gasteiger partial charge in [0.05, 0.1) is 18.6 Å². The van der Waals surface area contributed by atoms with E-state index in [2.05, 4.69) is 15.3 Å². The van der Waals surface area contributed by atoms with Crippen LogP contribution in [0.15, 0.2) is 46.2 Å². The van der Waals surface area contributed by atoms with Crippen LogP contribution in [0.1, 0.15) is 10.6 Å². The van der Waals surface area contributed by atoms with E-state index in [0.717, 1.165) is 25.7 Å². The van der Waals surface area contributed by atoms with Crippen molar-refractivity contribution < 1.29 is 4.79 Å². The molecule has 4 aromatic rings. The summed E-state index contributed by atoms with van der Waals surface area (Å²) in [6, 6.07) is 9.87. The molecule has 0 atom stereocenters. The van der Waals surface area contributed by atoms with Crippen LogP contribution in [0.2, 0.25) is 0 Å². The van der Waals surface area contributed by atoms with Gasteiger partial charge in [-0.3, -0.25) is 18.7 Å². The van der Waals surface area contributed by atoms with Crippen LogP contribution in [0.25, 0.3) is 21.7 Å². The van der Waals surface area contributed by atoms with Gasteiger partial charge < -0.3 is 9.88 Å². The topological polar surface area (TPSA) is 104 Å². The number of fused-ring (bicyclic) bond motifs is 1. The van der Waals surface area contributed by atoms with Gasteiger partial charge in [0, 0.05) is 24.5 Å². The Hall–Kier alpha value is -3.53. The molecule has 10 heteroatoms. The van der Waals surface area contributed by atoms with E-state index in [1.54, 1.807) is 7.05 Å². The predicted molar refractivity (Wildman–Crippen MR) is 114 cm³/mol. The van der Waals surface area contributed by atoms with E-state index in [9.17, 15) is 14.4 Å². The molecule has 3 aromatic heterocycles. The van der Waals surface area contributed by atoms with Gasteiger partial charge in [-0.25, -0.2) is 14.8 Å². The lowest BCUT2D eigenvalue weighted by molar-refractivity contribution is -0.121. The molecule has 1 N–H and O–H groups in total. The third-order valence-electron chi connectivity index (χ3n) is 4.89. The third-order valence-corrected chi connectivity index (χ3v) is 6.10. The molecule has 154 valence electrons. The van der Waals surface area contributed by atoms with Crippen LogP contribution in [0.4, 0.5) is 0 Å². The van der Waals surface area contributed by atoms with E-state index >= 15 is 0 Å². The van der Waals surface area contributed by atoms with Crippen LogP contribution >= 0.6 is 11.3 Å². The van der Waals surface area contributed by atoms with Crippen LogP contribution in [0.3, 0.4) is 0 Å². The fraction of sp³-hybridized carbons (Fsp3) is 0.250. The highest BCUT2D eigenvalue weighted by Crippen LogP contribution is 2.27. The number of rotatable bonds is 5. The molecule has 0 bridgehead atoms. The van der Waals surface area contributed by atoms with Gasteiger partial charge in [-0.2, -0.15) is 0 Å². The van der Waals surface area contributed by atoms with Crippen molar-refractivity contribution in [1.29, 1.82) is 0 Å². The number of hydrogen-bond donors (Lipinski definition) is 1. The van der Waals surface area contributed by atoms with E-state index < -0.39 is 11.2 Å². The minimum Gasteiger partial charge on any atom is -0.350 e. The molecule has 1 aromatic carbocycles. The Labute approximate surface area is 175 Å². The lowest BCUT2D eigenvalue weighted by atomic mass is 10.2. The summed E-state index contributed by atoms with van der Waals surface area (Å²) in [5, 5.41) is 3.78. The number of nitrogens with zero attached hydrogens (tertiary/aromatic N) is 5. The molecular weight excluding hydrogens is 404 g/mol. The smallest absolute Gasteiger partial charge is 0.332 e. The Bertz CT molecular complexity index is 1360. The first kappa shape index (κ1) is 19.8. The summed E-state index contributed by atoms with van der Waals surface area (Å²) in [5.41, 5.74) is 1.43. The predicted octanol–water partition coefficient (Wildman–Crippen LogP) is 1.18. The molecule has 0 aliphatic rings. The summed E-state index contributed by atoms with van der Waals surface area (Å²) in [4.78, 5) is 46.7. The number of carbonyl (C=O) groups is 1. The standard InChI is InChI=1S/C20H20N6O3S/c1-12-14(30-18(23-12)13-7-5-4-6-8-13)9-21-15(27)10-26-11-22-17-16(26)19(28)25(3)20(29)24(17)2/h4-8,11H,9-10H2,1-3H3,(H,21,27). The lowest BCUT2D eigenvalue weighted by Crippen LogP contribution is -2.38. The van der Waals surface area contributed by atoms with Crippen molar-refractivity contribution in [2.24, 2.45) is 14.1 Å². The normalized spacial score (nSPS) is 11.2. The van der Waals surface area contributed by atoms with Crippen molar-refractivity contribution >= 4 is 28.4 Å². The highest BCUT2D eigenvalue weighted by Gasteiger charge is 2.16. The molecule has 0 fully saturated rings. The second-order valence-corrected chi connectivity index (χ2v) is 8.00. The Morgan fingerprint density at radius 2 is 1.87 bits per heavy atom. The number of thiazole rings is 1. The molecule has 1 amide bonds. The van der Waals surface area contributed by atoms with Crippen LogP contribution in [-0.4, -0.2) is 29.6 Å². The SMILES string of the molecule is Cc1nc(-c2ccccc2)sc1CNC(=O)Cn1cnc2c1c(=O)n(C)c(=O)n2C. The summed E-state index contributed by atoms with van der Waals surface area (Å²) >= 11 is 1.54. The summed E-state index contributed by atoms with van der Waals surface area (Å²) in [7, 11) is 2.94. The summed E-state index contributed by atoms with van der Waals surface area (Å²) in [5.74, 6) is -0.265. The van der Waals surface area contributed by atoms with E-state index in [4.69, 9.17) is 0 Å². The largest absolute Gasteiger partial charge is 0.350 e. The zero-order valence-corrected chi connectivity index (χ0v) is 17.6. The summed E-state index contributed by atoms with van der Waals surface area (Å²) in [6.45, 7) is 2.18. The van der Waals surface area contributed by atoms with Gasteiger partial charge >= 0.3 is 5.69 Å². The molecular formula is C20H20N6O3S. The molecule has 0 spiro atoms. The highest BCUT2D eigenvalue weighted by molar-refractivity contribution is 7.15. The molecule has 9 nitrogen and oxygen atoms in total. The Balaban J connectivity index is 1.51. The molecule has 0 aliphatic heterocycles. The fourth-order valence-corrected chi connectivity index (χ4v) is 4.21. The van der Waals surface area contributed by atoms with Crippen LogP contribution in [0, 0.1) is 6.92 Å². The minimum atomic E-state index is -0.482. The minimum absolute atomic E-state index is 0.0761. The third kappa shape index (κ3) is 3.45. The van der Waals surface area contributed by atoms with Gasteiger partial charge in [-0.1, -0.05) is 30.3 Å². The summed E-state index contributed by atoms with van der Waals surface area (Å²) < 4.78 is 3.75. The van der Waals surface area contributed by atoms with Crippen molar-refractivity contribution in [3.63, 3.8) is 0 Å². The Kier molecular flexibility index (Phi) is 5.08. The average molecular weight is 424 g/mol. The van der Waals surface area contributed by atoms with E-state index in [0.29, 0.717) is 6.54 Å². The number of imidazole rings is 1. The lowest BCUT2D eigenvalue weighted by Gasteiger charge is -2.07. The number of amides is 1. The Morgan fingerprint density at radius 1 is 1.13 bits per heavy atom. The average Bonchev–Trinajstić information content (AvgIpc) is 3.33. The zero-order chi connectivity index (χ0) is 21.4. The second-order valence-electron chi connectivity index (χ2n) is 6.92. The highest BCUT2D eigenvalue weighted by atomic mass is 32.1. The van der Waals surface area contributed by atoms with Crippen LogP contribution < -0.4 is 16.6 Å². The van der Waals surface area contributed by atoms with E-state index in [1.165, 1.54) is 33.8 Å². The van der Waals surface area contributed by atoms with Gasteiger partial charge in [0.1, 0.15) is 11.6 Å². The maximum atomic E-state index is 12.5. The van der Waals surface area contributed by atoms with Crippen LogP contribution in [0.5, 0.6) is 0 Å². The maximum Gasteiger partial charge on any atom is 0.332 e. The molecule has 0 unspecified atom stereocenters. The maximum absolute atomic E-state index is 12.5. The van der Waals surface area contributed by atoms with Crippen molar-refractivity contribution in [3.05, 3.63) is 68.1 Å². The molecule has 30 heavy (non-hydrogen) atoms. The van der Waals surface area contributed by atoms with Gasteiger partial charge in [-0.05, 0) is 6.92 Å². The van der Waals surface area contributed by atoms with Crippen molar-refractivity contribution in [2.75, 3.05) is 0 Å². The number of benzene rings is 1. The first-order valence-corrected chi connectivity index (χ1v) is 10.1. The van der Waals surface area contributed by atoms with Gasteiger partial charge in [0.15, 0.2) is 11.2 Å². The number of aromatic nitrogens is 5. The quantitative estimate of drug-likeness (QED) is 0.518. The number of hydrogen-bond acceptors (Lipinski definition) is 6. The van der Waals surface area contributed by atoms with Gasteiger partial charge in [0.25, 0.3) is 5.56 Å². The number of aryl methyl sites for hydroxylation is 2. The molecule has 3 heterocycles. The summed E-state index contributed by atoms with van der Waals surface area (Å²) in [6.07, 6.45) is 1.40. The van der Waals surface area contributed by atoms with Gasteiger partial charge in [-0.15, -0.1) is 11.3 Å². The van der Waals surface area contributed by atoms with E-state index in [-0.39, 0.29) is 23.6 Å². The number of nitrogens with one attached hydrogen (secondary N) is 1. The van der Waals surface area contributed by atoms with Crippen LogP contribution in [-0.2, 0) is 32.0 Å². The number of carbonyl (C=O) groups excluding carboxylic acids is 1. The molecule has 0 saturated carbocycles. The first-order valence-electron chi connectivity index (χ1n) is 9.26. The fourth-order valence-electron chi connectivity index (χ4n) is 3.20. The monoisotopic (exact) mass is 424 g/mol.